The van der Waals surface area contributed by atoms with Crippen LogP contribution < -0.4 is 5.32 Å². The van der Waals surface area contributed by atoms with E-state index in [0.29, 0.717) is 0 Å². The van der Waals surface area contributed by atoms with Crippen LogP contribution in [0.5, 0.6) is 0 Å². The number of hydrogen-bond acceptors (Lipinski definition) is 4. The lowest BCUT2D eigenvalue weighted by atomic mass is 10.2. The van der Waals surface area contributed by atoms with Crippen molar-refractivity contribution in [2.45, 2.75) is 25.8 Å². The molecule has 86 valence electrons. The summed E-state index contributed by atoms with van der Waals surface area (Å²) in [5.74, 6) is 0.979. The second-order valence-electron chi connectivity index (χ2n) is 3.59. The van der Waals surface area contributed by atoms with Crippen molar-refractivity contribution in [3.8, 4) is 0 Å². The third kappa shape index (κ3) is 4.90. The number of hydrogen-bond donors (Lipinski definition) is 1. The first-order valence-electron chi connectivity index (χ1n) is 5.37. The molecule has 0 fully saturated rings. The first-order chi connectivity index (χ1) is 7.34. The maximum Gasteiger partial charge on any atom is 0.146 e. The summed E-state index contributed by atoms with van der Waals surface area (Å²) in [7, 11) is 3.70. The van der Waals surface area contributed by atoms with E-state index in [0.717, 1.165) is 31.9 Å². The largest absolute Gasteiger partial charge is 0.385 e. The van der Waals surface area contributed by atoms with E-state index in [2.05, 4.69) is 15.5 Å². The summed E-state index contributed by atoms with van der Waals surface area (Å²) in [6.45, 7) is 2.68. The first kappa shape index (κ1) is 12.1. The number of rotatable bonds is 8. The van der Waals surface area contributed by atoms with Crippen LogP contribution in [0.4, 0.5) is 0 Å². The standard InChI is InChI=1S/C10H20N4O/c1-14-9-12-13-10(14)8-11-6-4-3-5-7-15-2/h9,11H,3-8H2,1-2H3. The number of nitrogens with zero attached hydrogens (tertiary/aromatic N) is 3. The highest BCUT2D eigenvalue weighted by Crippen LogP contribution is 1.95. The van der Waals surface area contributed by atoms with Crippen molar-refractivity contribution < 1.29 is 4.74 Å². The smallest absolute Gasteiger partial charge is 0.146 e. The minimum absolute atomic E-state index is 0.792. The van der Waals surface area contributed by atoms with Gasteiger partial charge in [0.1, 0.15) is 12.2 Å². The van der Waals surface area contributed by atoms with Crippen LogP contribution in [0.1, 0.15) is 25.1 Å². The van der Waals surface area contributed by atoms with Crippen molar-refractivity contribution >= 4 is 0 Å². The van der Waals surface area contributed by atoms with E-state index in [1.54, 1.807) is 13.4 Å². The summed E-state index contributed by atoms with van der Waals surface area (Å²) in [6, 6.07) is 0. The molecule has 0 saturated carbocycles. The zero-order valence-corrected chi connectivity index (χ0v) is 9.57. The molecule has 0 atom stereocenters. The molecule has 1 aromatic rings. The number of unbranched alkanes of at least 4 members (excludes halogenated alkanes) is 2. The molecule has 1 heterocycles. The Hall–Kier alpha value is -0.940. The third-order valence-corrected chi connectivity index (χ3v) is 2.29. The minimum Gasteiger partial charge on any atom is -0.385 e. The molecule has 0 aromatic carbocycles. The Morgan fingerprint density at radius 1 is 1.40 bits per heavy atom. The Labute approximate surface area is 90.8 Å². The van der Waals surface area contributed by atoms with Crippen molar-refractivity contribution in [1.82, 2.24) is 20.1 Å². The van der Waals surface area contributed by atoms with E-state index in [-0.39, 0.29) is 0 Å². The molecule has 0 radical (unpaired) electrons. The maximum absolute atomic E-state index is 4.98. The lowest BCUT2D eigenvalue weighted by Crippen LogP contribution is -2.17. The van der Waals surface area contributed by atoms with Crippen LogP contribution in [0, 0.1) is 0 Å². The zero-order valence-electron chi connectivity index (χ0n) is 9.57. The van der Waals surface area contributed by atoms with E-state index in [1.807, 2.05) is 11.6 Å². The topological polar surface area (TPSA) is 52.0 Å². The van der Waals surface area contributed by atoms with Gasteiger partial charge in [-0.1, -0.05) is 0 Å². The molecule has 1 aromatic heterocycles. The average Bonchev–Trinajstić information content (AvgIpc) is 2.63. The zero-order chi connectivity index (χ0) is 10.9. The number of ether oxygens (including phenoxy) is 1. The van der Waals surface area contributed by atoms with Gasteiger partial charge in [-0.15, -0.1) is 10.2 Å². The fourth-order valence-electron chi connectivity index (χ4n) is 1.34. The molecule has 0 spiro atoms. The van der Waals surface area contributed by atoms with Crippen molar-refractivity contribution in [1.29, 1.82) is 0 Å². The van der Waals surface area contributed by atoms with Crippen LogP contribution in [0.25, 0.3) is 0 Å². The summed E-state index contributed by atoms with van der Waals surface area (Å²) in [5.41, 5.74) is 0. The SMILES string of the molecule is COCCCCCNCc1nncn1C. The molecule has 0 aliphatic carbocycles. The molecule has 0 saturated heterocycles. The van der Waals surface area contributed by atoms with Crippen LogP contribution in [0.3, 0.4) is 0 Å². The van der Waals surface area contributed by atoms with Gasteiger partial charge in [0.25, 0.3) is 0 Å². The molecule has 5 nitrogen and oxygen atoms in total. The number of aromatic nitrogens is 3. The van der Waals surface area contributed by atoms with Crippen LogP contribution in [0.2, 0.25) is 0 Å². The van der Waals surface area contributed by atoms with Crippen LogP contribution in [-0.4, -0.2) is 35.0 Å². The fraction of sp³-hybridized carbons (Fsp3) is 0.800. The van der Waals surface area contributed by atoms with E-state index >= 15 is 0 Å². The van der Waals surface area contributed by atoms with Gasteiger partial charge in [-0.2, -0.15) is 0 Å². The van der Waals surface area contributed by atoms with Crippen LogP contribution in [-0.2, 0) is 18.3 Å². The minimum atomic E-state index is 0.792. The Bertz CT molecular complexity index is 262. The molecule has 1 rings (SSSR count). The second kappa shape index (κ2) is 7.36. The van der Waals surface area contributed by atoms with Crippen molar-refractivity contribution in [2.24, 2.45) is 7.05 Å². The predicted octanol–water partition coefficient (Wildman–Crippen LogP) is 0.721. The highest BCUT2D eigenvalue weighted by molar-refractivity contribution is 4.82. The Morgan fingerprint density at radius 2 is 2.27 bits per heavy atom. The molecule has 15 heavy (non-hydrogen) atoms. The number of methoxy groups -OCH3 is 1. The maximum atomic E-state index is 4.98. The highest BCUT2D eigenvalue weighted by Gasteiger charge is 1.98. The van der Waals surface area contributed by atoms with Gasteiger partial charge in [-0.05, 0) is 25.8 Å². The summed E-state index contributed by atoms with van der Waals surface area (Å²) >= 11 is 0. The molecule has 0 bridgehead atoms. The van der Waals surface area contributed by atoms with E-state index in [9.17, 15) is 0 Å². The van der Waals surface area contributed by atoms with Gasteiger partial charge in [-0.25, -0.2) is 0 Å². The quantitative estimate of drug-likeness (QED) is 0.645. The number of aryl methyl sites for hydroxylation is 1. The van der Waals surface area contributed by atoms with Gasteiger partial charge in [-0.3, -0.25) is 0 Å². The fourth-order valence-corrected chi connectivity index (χ4v) is 1.34. The van der Waals surface area contributed by atoms with Gasteiger partial charge in [0, 0.05) is 20.8 Å². The Balaban J connectivity index is 1.96. The molecular formula is C10H20N4O. The highest BCUT2D eigenvalue weighted by atomic mass is 16.5. The van der Waals surface area contributed by atoms with Crippen LogP contribution in [0.15, 0.2) is 6.33 Å². The van der Waals surface area contributed by atoms with E-state index < -0.39 is 0 Å². The molecule has 1 N–H and O–H groups in total. The molecule has 0 aliphatic rings. The van der Waals surface area contributed by atoms with E-state index in [4.69, 9.17) is 4.74 Å². The molecular weight excluding hydrogens is 192 g/mol. The summed E-state index contributed by atoms with van der Waals surface area (Å²) in [4.78, 5) is 0. The Kier molecular flexibility index (Phi) is 5.96. The first-order valence-corrected chi connectivity index (χ1v) is 5.37. The van der Waals surface area contributed by atoms with Gasteiger partial charge in [0.2, 0.25) is 0 Å². The summed E-state index contributed by atoms with van der Waals surface area (Å²) in [6.07, 6.45) is 5.25. The van der Waals surface area contributed by atoms with Crippen molar-refractivity contribution in [3.63, 3.8) is 0 Å². The second-order valence-corrected chi connectivity index (χ2v) is 3.59. The lowest BCUT2D eigenvalue weighted by Gasteiger charge is -2.03. The van der Waals surface area contributed by atoms with Gasteiger partial charge < -0.3 is 14.6 Å². The molecule has 0 amide bonds. The third-order valence-electron chi connectivity index (χ3n) is 2.29. The molecule has 0 aliphatic heterocycles. The van der Waals surface area contributed by atoms with Crippen molar-refractivity contribution in [2.75, 3.05) is 20.3 Å². The van der Waals surface area contributed by atoms with Gasteiger partial charge in [0.15, 0.2) is 0 Å². The molecule has 5 heteroatoms. The van der Waals surface area contributed by atoms with E-state index in [1.165, 1.54) is 12.8 Å². The average molecular weight is 212 g/mol. The summed E-state index contributed by atoms with van der Waals surface area (Å²) in [5, 5.41) is 11.2. The van der Waals surface area contributed by atoms with Gasteiger partial charge >= 0.3 is 0 Å². The summed E-state index contributed by atoms with van der Waals surface area (Å²) < 4.78 is 6.91. The molecule has 0 unspecified atom stereocenters. The van der Waals surface area contributed by atoms with Gasteiger partial charge in [0.05, 0.1) is 6.54 Å². The van der Waals surface area contributed by atoms with Crippen LogP contribution >= 0.6 is 0 Å². The normalized spacial score (nSPS) is 10.8. The predicted molar refractivity (Wildman–Crippen MR) is 58.4 cm³/mol. The Morgan fingerprint density at radius 3 is 2.93 bits per heavy atom. The number of nitrogens with one attached hydrogen (secondary N) is 1. The van der Waals surface area contributed by atoms with Crippen molar-refractivity contribution in [3.05, 3.63) is 12.2 Å². The lowest BCUT2D eigenvalue weighted by molar-refractivity contribution is 0.192. The monoisotopic (exact) mass is 212 g/mol.